The molecule has 2 N–H and O–H groups in total. The van der Waals surface area contributed by atoms with E-state index in [1.807, 2.05) is 0 Å². The minimum atomic E-state index is -0.0408. The summed E-state index contributed by atoms with van der Waals surface area (Å²) in [5.41, 5.74) is 1.46. The van der Waals surface area contributed by atoms with Crippen LogP contribution in [0.5, 0.6) is 0 Å². The lowest BCUT2D eigenvalue weighted by atomic mass is 10.3. The van der Waals surface area contributed by atoms with Crippen molar-refractivity contribution in [3.8, 4) is 0 Å². The number of amides is 2. The summed E-state index contributed by atoms with van der Waals surface area (Å²) in [7, 11) is 3.16. The van der Waals surface area contributed by atoms with E-state index < -0.39 is 0 Å². The Balaban J connectivity index is 1.53. The molecule has 0 heterocycles. The van der Waals surface area contributed by atoms with Crippen LogP contribution in [0.4, 0.5) is 11.4 Å². The minimum absolute atomic E-state index is 0.0408. The summed E-state index contributed by atoms with van der Waals surface area (Å²) in [4.78, 5) is 23.7. The molecule has 0 saturated carbocycles. The molecular formula is C18H18Cl2N2O2S2. The second kappa shape index (κ2) is 11.4. The second-order valence-electron chi connectivity index (χ2n) is 5.25. The lowest BCUT2D eigenvalue weighted by molar-refractivity contribution is -0.116. The SMILES string of the molecule is O=C(CCSSCCC(=O)Nc1ccc(Cl)cc1)Nc1ccc(Cl)cc1. The number of carbonyl (C=O) groups is 2. The molecule has 26 heavy (non-hydrogen) atoms. The van der Waals surface area contributed by atoms with E-state index in [-0.39, 0.29) is 11.8 Å². The Labute approximate surface area is 170 Å². The second-order valence-corrected chi connectivity index (χ2v) is 8.83. The van der Waals surface area contributed by atoms with Crippen LogP contribution in [0.25, 0.3) is 0 Å². The number of halogens is 2. The van der Waals surface area contributed by atoms with Gasteiger partial charge in [-0.15, -0.1) is 0 Å². The molecule has 0 aliphatic rings. The largest absolute Gasteiger partial charge is 0.326 e. The van der Waals surface area contributed by atoms with Gasteiger partial charge in [0.15, 0.2) is 0 Å². The highest BCUT2D eigenvalue weighted by atomic mass is 35.5. The molecular weight excluding hydrogens is 411 g/mol. The van der Waals surface area contributed by atoms with Gasteiger partial charge in [-0.3, -0.25) is 9.59 Å². The van der Waals surface area contributed by atoms with Crippen molar-refractivity contribution in [2.24, 2.45) is 0 Å². The van der Waals surface area contributed by atoms with Crippen LogP contribution in [0, 0.1) is 0 Å². The molecule has 0 fully saturated rings. The van der Waals surface area contributed by atoms with Gasteiger partial charge in [0.1, 0.15) is 0 Å². The highest BCUT2D eigenvalue weighted by Crippen LogP contribution is 2.23. The van der Waals surface area contributed by atoms with Crippen molar-refractivity contribution >= 4 is 68.0 Å². The molecule has 0 aromatic heterocycles. The monoisotopic (exact) mass is 428 g/mol. The van der Waals surface area contributed by atoms with Crippen molar-refractivity contribution < 1.29 is 9.59 Å². The van der Waals surface area contributed by atoms with Crippen LogP contribution in [0.1, 0.15) is 12.8 Å². The molecule has 0 radical (unpaired) electrons. The molecule has 4 nitrogen and oxygen atoms in total. The molecule has 0 aliphatic heterocycles. The van der Waals surface area contributed by atoms with Gasteiger partial charge in [-0.25, -0.2) is 0 Å². The number of rotatable bonds is 9. The molecule has 0 unspecified atom stereocenters. The molecule has 2 aromatic carbocycles. The topological polar surface area (TPSA) is 58.2 Å². The first-order chi connectivity index (χ1) is 12.5. The Kier molecular flexibility index (Phi) is 9.18. The summed E-state index contributed by atoms with van der Waals surface area (Å²) < 4.78 is 0. The summed E-state index contributed by atoms with van der Waals surface area (Å²) >= 11 is 11.6. The van der Waals surface area contributed by atoms with Gasteiger partial charge in [0, 0.05) is 45.8 Å². The Morgan fingerprint density at radius 1 is 0.692 bits per heavy atom. The average Bonchev–Trinajstić information content (AvgIpc) is 2.62. The van der Waals surface area contributed by atoms with E-state index in [1.165, 1.54) is 0 Å². The van der Waals surface area contributed by atoms with E-state index in [1.54, 1.807) is 70.1 Å². The number of benzene rings is 2. The van der Waals surface area contributed by atoms with E-state index in [0.717, 1.165) is 11.4 Å². The lowest BCUT2D eigenvalue weighted by Crippen LogP contribution is -2.12. The van der Waals surface area contributed by atoms with Gasteiger partial charge >= 0.3 is 0 Å². The van der Waals surface area contributed by atoms with Gasteiger partial charge in [-0.2, -0.15) is 0 Å². The van der Waals surface area contributed by atoms with Crippen molar-refractivity contribution in [3.05, 3.63) is 58.6 Å². The van der Waals surface area contributed by atoms with E-state index in [2.05, 4.69) is 10.6 Å². The predicted molar refractivity (Wildman–Crippen MR) is 114 cm³/mol. The van der Waals surface area contributed by atoms with E-state index >= 15 is 0 Å². The van der Waals surface area contributed by atoms with E-state index in [0.29, 0.717) is 34.4 Å². The van der Waals surface area contributed by atoms with Gasteiger partial charge in [-0.1, -0.05) is 44.8 Å². The van der Waals surface area contributed by atoms with E-state index in [9.17, 15) is 9.59 Å². The van der Waals surface area contributed by atoms with Gasteiger partial charge in [0.05, 0.1) is 0 Å². The van der Waals surface area contributed by atoms with Crippen LogP contribution >= 0.6 is 44.8 Å². The Hall–Kier alpha value is -1.34. The highest BCUT2D eigenvalue weighted by molar-refractivity contribution is 8.76. The molecule has 2 rings (SSSR count). The van der Waals surface area contributed by atoms with Crippen LogP contribution in [0.2, 0.25) is 10.0 Å². The van der Waals surface area contributed by atoms with E-state index in [4.69, 9.17) is 23.2 Å². The Bertz CT molecular complexity index is 661. The zero-order valence-corrected chi connectivity index (χ0v) is 17.0. The maximum absolute atomic E-state index is 11.8. The number of nitrogens with one attached hydrogen (secondary N) is 2. The van der Waals surface area contributed by atoms with Crippen LogP contribution in [0.15, 0.2) is 48.5 Å². The summed E-state index contributed by atoms with van der Waals surface area (Å²) in [5.74, 6) is 1.29. The summed E-state index contributed by atoms with van der Waals surface area (Å²) in [5, 5.41) is 6.90. The van der Waals surface area contributed by atoms with Crippen molar-refractivity contribution in [1.82, 2.24) is 0 Å². The van der Waals surface area contributed by atoms with Crippen molar-refractivity contribution in [2.45, 2.75) is 12.8 Å². The molecule has 0 aliphatic carbocycles. The minimum Gasteiger partial charge on any atom is -0.326 e. The van der Waals surface area contributed by atoms with Crippen molar-refractivity contribution in [3.63, 3.8) is 0 Å². The van der Waals surface area contributed by atoms with Crippen LogP contribution < -0.4 is 10.6 Å². The first kappa shape index (κ1) is 21.0. The van der Waals surface area contributed by atoms with Gasteiger partial charge in [0.2, 0.25) is 11.8 Å². The zero-order valence-electron chi connectivity index (χ0n) is 13.8. The standard InChI is InChI=1S/C18H18Cl2N2O2S2/c19-13-1-5-15(6-2-13)21-17(23)9-11-25-26-12-10-18(24)22-16-7-3-14(20)4-8-16/h1-8H,9-12H2,(H,21,23)(H,22,24). The van der Waals surface area contributed by atoms with Crippen LogP contribution in [0.3, 0.4) is 0 Å². The fraction of sp³-hybridized carbons (Fsp3) is 0.222. The molecule has 2 amide bonds. The third-order valence-corrected chi connectivity index (χ3v) is 6.08. The first-order valence-electron chi connectivity index (χ1n) is 7.88. The zero-order chi connectivity index (χ0) is 18.8. The highest BCUT2D eigenvalue weighted by Gasteiger charge is 2.05. The molecule has 2 aromatic rings. The number of hydrogen-bond donors (Lipinski definition) is 2. The average molecular weight is 429 g/mol. The number of hydrogen-bond acceptors (Lipinski definition) is 4. The van der Waals surface area contributed by atoms with Crippen molar-refractivity contribution in [2.75, 3.05) is 22.1 Å². The fourth-order valence-electron chi connectivity index (χ4n) is 1.90. The maximum atomic E-state index is 11.8. The summed E-state index contributed by atoms with van der Waals surface area (Å²) in [6.07, 6.45) is 0.828. The summed E-state index contributed by atoms with van der Waals surface area (Å²) in [6, 6.07) is 14.0. The normalized spacial score (nSPS) is 10.4. The molecule has 0 atom stereocenters. The third kappa shape index (κ3) is 8.36. The first-order valence-corrected chi connectivity index (χ1v) is 11.1. The van der Waals surface area contributed by atoms with Gasteiger partial charge in [-0.05, 0) is 48.5 Å². The fourth-order valence-corrected chi connectivity index (χ4v) is 4.13. The smallest absolute Gasteiger partial charge is 0.225 e. The Morgan fingerprint density at radius 3 is 1.38 bits per heavy atom. The Morgan fingerprint density at radius 2 is 1.04 bits per heavy atom. The molecule has 8 heteroatoms. The van der Waals surface area contributed by atoms with Crippen molar-refractivity contribution in [1.29, 1.82) is 0 Å². The third-order valence-electron chi connectivity index (χ3n) is 3.16. The molecule has 0 bridgehead atoms. The molecule has 0 saturated heterocycles. The number of anilines is 2. The van der Waals surface area contributed by atoms with Gasteiger partial charge in [0.25, 0.3) is 0 Å². The molecule has 138 valence electrons. The quantitative estimate of drug-likeness (QED) is 0.395. The number of carbonyl (C=O) groups excluding carboxylic acids is 2. The van der Waals surface area contributed by atoms with Crippen LogP contribution in [-0.4, -0.2) is 23.3 Å². The predicted octanol–water partition coefficient (Wildman–Crippen LogP) is 5.73. The summed E-state index contributed by atoms with van der Waals surface area (Å²) in [6.45, 7) is 0. The van der Waals surface area contributed by atoms with Crippen LogP contribution in [-0.2, 0) is 9.59 Å². The molecule has 0 spiro atoms. The maximum Gasteiger partial charge on any atom is 0.225 e. The van der Waals surface area contributed by atoms with Gasteiger partial charge < -0.3 is 10.6 Å². The lowest BCUT2D eigenvalue weighted by Gasteiger charge is -2.06.